The lowest BCUT2D eigenvalue weighted by atomic mass is 9.95. The van der Waals surface area contributed by atoms with Crippen molar-refractivity contribution in [3.8, 4) is 0 Å². The third-order valence-electron chi connectivity index (χ3n) is 4.49. The van der Waals surface area contributed by atoms with Gasteiger partial charge in [0.2, 0.25) is 0 Å². The molecule has 2 nitrogen and oxygen atoms in total. The van der Waals surface area contributed by atoms with E-state index in [1.54, 1.807) is 0 Å². The van der Waals surface area contributed by atoms with Crippen molar-refractivity contribution < 1.29 is 4.79 Å². The van der Waals surface area contributed by atoms with Crippen molar-refractivity contribution in [3.63, 3.8) is 0 Å². The molecule has 0 unspecified atom stereocenters. The molecule has 0 amide bonds. The van der Waals surface area contributed by atoms with Crippen LogP contribution in [0.4, 0.5) is 0 Å². The van der Waals surface area contributed by atoms with E-state index >= 15 is 0 Å². The minimum absolute atomic E-state index is 0.203. The van der Waals surface area contributed by atoms with Gasteiger partial charge in [0.15, 0.2) is 5.78 Å². The molecule has 0 aromatic heterocycles. The van der Waals surface area contributed by atoms with Gasteiger partial charge < -0.3 is 0 Å². The zero-order valence-corrected chi connectivity index (χ0v) is 12.9. The Morgan fingerprint density at radius 3 is 2.09 bits per heavy atom. The molecule has 114 valence electrons. The molecule has 1 aliphatic rings. The summed E-state index contributed by atoms with van der Waals surface area (Å²) in [6.07, 6.45) is 4.35. The molecule has 1 heterocycles. The normalized spacial score (nSPS) is 17.1. The summed E-state index contributed by atoms with van der Waals surface area (Å²) in [6, 6.07) is 20.3. The number of ketones is 1. The first-order valence-electron chi connectivity index (χ1n) is 8.22. The van der Waals surface area contributed by atoms with Crippen LogP contribution in [-0.4, -0.2) is 23.8 Å². The zero-order valence-electron chi connectivity index (χ0n) is 12.9. The van der Waals surface area contributed by atoms with Gasteiger partial charge in [0, 0.05) is 18.0 Å². The van der Waals surface area contributed by atoms with Gasteiger partial charge in [-0.3, -0.25) is 9.69 Å². The molecule has 2 heteroatoms. The van der Waals surface area contributed by atoms with Gasteiger partial charge in [-0.1, -0.05) is 67.1 Å². The van der Waals surface area contributed by atoms with Crippen molar-refractivity contribution in [2.24, 2.45) is 0 Å². The maximum atomic E-state index is 12.6. The van der Waals surface area contributed by atoms with Gasteiger partial charge in [-0.2, -0.15) is 0 Å². The highest BCUT2D eigenvalue weighted by atomic mass is 16.1. The molecule has 1 atom stereocenters. The van der Waals surface area contributed by atoms with Crippen molar-refractivity contribution in [2.45, 2.75) is 31.7 Å². The average molecular weight is 293 g/mol. The summed E-state index contributed by atoms with van der Waals surface area (Å²) in [5, 5.41) is 0. The van der Waals surface area contributed by atoms with Crippen LogP contribution in [0.3, 0.4) is 0 Å². The molecule has 0 N–H and O–H groups in total. The van der Waals surface area contributed by atoms with E-state index in [-0.39, 0.29) is 11.8 Å². The predicted molar refractivity (Wildman–Crippen MR) is 90.0 cm³/mol. The molecular weight excluding hydrogens is 270 g/mol. The van der Waals surface area contributed by atoms with E-state index in [4.69, 9.17) is 0 Å². The minimum Gasteiger partial charge on any atom is -0.296 e. The van der Waals surface area contributed by atoms with Crippen molar-refractivity contribution >= 4 is 5.78 Å². The Hall–Kier alpha value is -1.93. The van der Waals surface area contributed by atoms with Gasteiger partial charge in [0.25, 0.3) is 0 Å². The molecule has 1 saturated heterocycles. The number of benzene rings is 2. The lowest BCUT2D eigenvalue weighted by Crippen LogP contribution is -2.35. The van der Waals surface area contributed by atoms with Crippen LogP contribution in [-0.2, 0) is 0 Å². The van der Waals surface area contributed by atoms with Crippen LogP contribution in [0.1, 0.15) is 47.6 Å². The first-order chi connectivity index (χ1) is 10.8. The molecule has 3 rings (SSSR count). The van der Waals surface area contributed by atoms with Crippen LogP contribution in [0.5, 0.6) is 0 Å². The van der Waals surface area contributed by atoms with Crippen molar-refractivity contribution in [2.75, 3.05) is 13.1 Å². The van der Waals surface area contributed by atoms with E-state index in [0.29, 0.717) is 6.42 Å². The highest BCUT2D eigenvalue weighted by molar-refractivity contribution is 5.96. The largest absolute Gasteiger partial charge is 0.296 e. The summed E-state index contributed by atoms with van der Waals surface area (Å²) in [7, 11) is 0. The summed E-state index contributed by atoms with van der Waals surface area (Å²) in [5.74, 6) is 0.236. The molecule has 0 spiro atoms. The first-order valence-corrected chi connectivity index (χ1v) is 8.22. The highest BCUT2D eigenvalue weighted by Gasteiger charge is 2.24. The van der Waals surface area contributed by atoms with Crippen LogP contribution in [0, 0.1) is 0 Å². The molecular formula is C20H23NO. The number of nitrogens with zero attached hydrogens (tertiary/aromatic N) is 1. The van der Waals surface area contributed by atoms with Gasteiger partial charge in [-0.05, 0) is 31.5 Å². The molecule has 0 radical (unpaired) electrons. The second-order valence-electron chi connectivity index (χ2n) is 6.02. The van der Waals surface area contributed by atoms with Crippen LogP contribution >= 0.6 is 0 Å². The van der Waals surface area contributed by atoms with E-state index in [1.165, 1.54) is 24.8 Å². The second kappa shape index (κ2) is 7.37. The van der Waals surface area contributed by atoms with Crippen molar-refractivity contribution in [3.05, 3.63) is 71.8 Å². The Morgan fingerprint density at radius 2 is 1.45 bits per heavy atom. The number of hydrogen-bond donors (Lipinski definition) is 0. The number of carbonyl (C=O) groups is 1. The van der Waals surface area contributed by atoms with E-state index < -0.39 is 0 Å². The lowest BCUT2D eigenvalue weighted by molar-refractivity contribution is 0.0895. The van der Waals surface area contributed by atoms with Gasteiger partial charge in [0.05, 0.1) is 0 Å². The zero-order chi connectivity index (χ0) is 15.2. The smallest absolute Gasteiger partial charge is 0.164 e. The van der Waals surface area contributed by atoms with Crippen molar-refractivity contribution in [1.29, 1.82) is 0 Å². The molecule has 2 aromatic rings. The number of hydrogen-bond acceptors (Lipinski definition) is 2. The minimum atomic E-state index is 0.203. The second-order valence-corrected chi connectivity index (χ2v) is 6.02. The third kappa shape index (κ3) is 3.63. The van der Waals surface area contributed by atoms with Gasteiger partial charge in [-0.25, -0.2) is 0 Å². The molecule has 1 fully saturated rings. The fraction of sp³-hybridized carbons (Fsp3) is 0.350. The fourth-order valence-corrected chi connectivity index (χ4v) is 3.28. The number of piperidine rings is 1. The van der Waals surface area contributed by atoms with E-state index in [9.17, 15) is 4.79 Å². The predicted octanol–water partition coefficient (Wildman–Crippen LogP) is 4.49. The van der Waals surface area contributed by atoms with Crippen LogP contribution in [0.2, 0.25) is 0 Å². The maximum absolute atomic E-state index is 12.6. The van der Waals surface area contributed by atoms with Gasteiger partial charge >= 0.3 is 0 Å². The highest BCUT2D eigenvalue weighted by Crippen LogP contribution is 2.28. The maximum Gasteiger partial charge on any atom is 0.164 e. The Morgan fingerprint density at radius 1 is 0.864 bits per heavy atom. The van der Waals surface area contributed by atoms with Crippen LogP contribution < -0.4 is 0 Å². The molecule has 0 bridgehead atoms. The quantitative estimate of drug-likeness (QED) is 0.757. The van der Waals surface area contributed by atoms with E-state index in [2.05, 4.69) is 29.2 Å². The number of rotatable bonds is 5. The lowest BCUT2D eigenvalue weighted by Gasteiger charge is -2.34. The molecule has 0 aliphatic carbocycles. The average Bonchev–Trinajstić information content (AvgIpc) is 2.62. The molecule has 22 heavy (non-hydrogen) atoms. The standard InChI is InChI=1S/C20H23NO/c22-20(18-12-6-2-7-13-18)16-19(17-10-4-1-5-11-17)21-14-8-3-9-15-21/h1-2,4-7,10-13,19H,3,8-9,14-16H2/t19-/m1/s1. The Kier molecular flexibility index (Phi) is 5.02. The molecule has 0 saturated carbocycles. The Bertz CT molecular complexity index is 588. The molecule has 2 aromatic carbocycles. The molecule has 1 aliphatic heterocycles. The van der Waals surface area contributed by atoms with E-state index in [1.807, 2.05) is 36.4 Å². The van der Waals surface area contributed by atoms with Crippen LogP contribution in [0.15, 0.2) is 60.7 Å². The van der Waals surface area contributed by atoms with Crippen molar-refractivity contribution in [1.82, 2.24) is 4.90 Å². The summed E-state index contributed by atoms with van der Waals surface area (Å²) in [6.45, 7) is 2.20. The van der Waals surface area contributed by atoms with E-state index in [0.717, 1.165) is 18.7 Å². The fourth-order valence-electron chi connectivity index (χ4n) is 3.28. The summed E-state index contributed by atoms with van der Waals surface area (Å²) < 4.78 is 0. The monoisotopic (exact) mass is 293 g/mol. The van der Waals surface area contributed by atoms with Crippen LogP contribution in [0.25, 0.3) is 0 Å². The summed E-state index contributed by atoms with van der Waals surface area (Å²) in [4.78, 5) is 15.1. The first kappa shape index (κ1) is 15.0. The summed E-state index contributed by atoms with van der Waals surface area (Å²) in [5.41, 5.74) is 2.08. The van der Waals surface area contributed by atoms with Gasteiger partial charge in [0.1, 0.15) is 0 Å². The topological polar surface area (TPSA) is 20.3 Å². The number of Topliss-reactive ketones (excluding diaryl/α,β-unsaturated/α-hetero) is 1. The number of carbonyl (C=O) groups excluding carboxylic acids is 1. The number of likely N-dealkylation sites (tertiary alicyclic amines) is 1. The SMILES string of the molecule is O=C(C[C@H](c1ccccc1)N1CCCCC1)c1ccccc1. The van der Waals surface area contributed by atoms with Gasteiger partial charge in [-0.15, -0.1) is 0 Å². The summed E-state index contributed by atoms with van der Waals surface area (Å²) >= 11 is 0. The third-order valence-corrected chi connectivity index (χ3v) is 4.49. The Labute approximate surface area is 132 Å². The Balaban J connectivity index is 1.81.